The monoisotopic (exact) mass is 486 g/mol. The number of carbonyl (C=O) groups is 2. The van der Waals surface area contributed by atoms with Crippen molar-refractivity contribution in [1.82, 2.24) is 0 Å². The molecule has 0 heterocycles. The standard InChI is InChI=1S/C31H50O4/c1-19-20(32)9-10-22-27(4)12-13-29(6)23-18-26(2,3)11-15-31(23,25(34)35-8)16-14-30(29,7)24(27)21(33)17-28(19,22)5/h19,21-24,33H,9-18H2,1-8H3/t19-,21-,22-,23-,24-,27-,28+,29-,30+,31-/m0/s1. The first kappa shape index (κ1) is 25.7. The second-order valence-corrected chi connectivity index (χ2v) is 15.4. The van der Waals surface area contributed by atoms with Gasteiger partial charge in [-0.15, -0.1) is 0 Å². The van der Waals surface area contributed by atoms with Crippen LogP contribution in [0.1, 0.15) is 113 Å². The zero-order valence-corrected chi connectivity index (χ0v) is 23.6. The molecular weight excluding hydrogens is 436 g/mol. The van der Waals surface area contributed by atoms with Crippen LogP contribution in [-0.4, -0.2) is 30.1 Å². The highest BCUT2D eigenvalue weighted by atomic mass is 16.5. The van der Waals surface area contributed by atoms with Crippen molar-refractivity contribution in [2.75, 3.05) is 7.11 Å². The molecule has 5 rings (SSSR count). The highest BCUT2D eigenvalue weighted by molar-refractivity contribution is 5.82. The average Bonchev–Trinajstić information content (AvgIpc) is 2.78. The maximum atomic E-state index is 13.5. The summed E-state index contributed by atoms with van der Waals surface area (Å²) in [6.45, 7) is 16.6. The molecule has 5 aliphatic rings. The van der Waals surface area contributed by atoms with E-state index >= 15 is 0 Å². The third-order valence-electron chi connectivity index (χ3n) is 13.8. The maximum Gasteiger partial charge on any atom is 0.312 e. The number of aliphatic hydroxyl groups excluding tert-OH is 1. The normalized spacial score (nSPS) is 55.1. The van der Waals surface area contributed by atoms with Gasteiger partial charge in [-0.05, 0) is 103 Å². The van der Waals surface area contributed by atoms with Gasteiger partial charge in [-0.2, -0.15) is 0 Å². The summed E-state index contributed by atoms with van der Waals surface area (Å²) >= 11 is 0. The van der Waals surface area contributed by atoms with Crippen LogP contribution in [0.25, 0.3) is 0 Å². The second-order valence-electron chi connectivity index (χ2n) is 15.4. The van der Waals surface area contributed by atoms with Crippen molar-refractivity contribution in [2.24, 2.45) is 56.2 Å². The molecule has 5 saturated carbocycles. The summed E-state index contributed by atoms with van der Waals surface area (Å²) in [6.07, 6.45) is 9.07. The fourth-order valence-corrected chi connectivity index (χ4v) is 11.5. The number of Topliss-reactive ketones (excluding diaryl/α,β-unsaturated/α-hetero) is 1. The Morgan fingerprint density at radius 1 is 0.857 bits per heavy atom. The van der Waals surface area contributed by atoms with E-state index in [-0.39, 0.29) is 56.2 Å². The van der Waals surface area contributed by atoms with Gasteiger partial charge in [0.1, 0.15) is 5.78 Å². The number of fused-ring (bicyclic) bond motifs is 7. The minimum Gasteiger partial charge on any atom is -0.469 e. The van der Waals surface area contributed by atoms with Crippen LogP contribution >= 0.6 is 0 Å². The minimum absolute atomic E-state index is 0.00555. The number of rotatable bonds is 1. The molecule has 4 nitrogen and oxygen atoms in total. The molecule has 0 radical (unpaired) electrons. The fourth-order valence-electron chi connectivity index (χ4n) is 11.5. The Bertz CT molecular complexity index is 925. The molecule has 35 heavy (non-hydrogen) atoms. The van der Waals surface area contributed by atoms with Crippen molar-refractivity contribution < 1.29 is 19.4 Å². The van der Waals surface area contributed by atoms with Gasteiger partial charge in [-0.3, -0.25) is 9.59 Å². The summed E-state index contributed by atoms with van der Waals surface area (Å²) in [5.41, 5.74) is -0.334. The van der Waals surface area contributed by atoms with Gasteiger partial charge in [0.05, 0.1) is 18.6 Å². The summed E-state index contributed by atoms with van der Waals surface area (Å²) in [5.74, 6) is 1.36. The van der Waals surface area contributed by atoms with E-state index in [1.165, 1.54) is 0 Å². The van der Waals surface area contributed by atoms with Gasteiger partial charge in [0.25, 0.3) is 0 Å². The molecule has 4 heteroatoms. The van der Waals surface area contributed by atoms with E-state index in [1.807, 2.05) is 0 Å². The number of aliphatic hydroxyl groups is 1. The topological polar surface area (TPSA) is 63.6 Å². The Balaban J connectivity index is 1.61. The Kier molecular flexibility index (Phi) is 5.57. The predicted molar refractivity (Wildman–Crippen MR) is 137 cm³/mol. The van der Waals surface area contributed by atoms with E-state index in [0.717, 1.165) is 57.8 Å². The molecule has 0 saturated heterocycles. The van der Waals surface area contributed by atoms with E-state index in [1.54, 1.807) is 7.11 Å². The number of hydrogen-bond donors (Lipinski definition) is 1. The second kappa shape index (κ2) is 7.58. The number of hydrogen-bond acceptors (Lipinski definition) is 4. The number of ether oxygens (including phenoxy) is 1. The predicted octanol–water partition coefficient (Wildman–Crippen LogP) is 6.58. The van der Waals surface area contributed by atoms with Gasteiger partial charge >= 0.3 is 5.97 Å². The fraction of sp³-hybridized carbons (Fsp3) is 0.935. The highest BCUT2D eigenvalue weighted by Crippen LogP contribution is 2.78. The maximum absolute atomic E-state index is 13.5. The molecule has 5 aliphatic carbocycles. The van der Waals surface area contributed by atoms with Crippen LogP contribution in [0.3, 0.4) is 0 Å². The number of ketones is 1. The van der Waals surface area contributed by atoms with Crippen molar-refractivity contribution >= 4 is 11.8 Å². The van der Waals surface area contributed by atoms with E-state index in [4.69, 9.17) is 4.74 Å². The van der Waals surface area contributed by atoms with Gasteiger partial charge < -0.3 is 9.84 Å². The van der Waals surface area contributed by atoms with Crippen molar-refractivity contribution in [1.29, 1.82) is 0 Å². The Morgan fingerprint density at radius 3 is 2.14 bits per heavy atom. The van der Waals surface area contributed by atoms with Crippen molar-refractivity contribution in [3.05, 3.63) is 0 Å². The van der Waals surface area contributed by atoms with Gasteiger partial charge in [0.2, 0.25) is 0 Å². The zero-order chi connectivity index (χ0) is 25.8. The first-order valence-electron chi connectivity index (χ1n) is 14.4. The van der Waals surface area contributed by atoms with Crippen molar-refractivity contribution in [3.8, 4) is 0 Å². The van der Waals surface area contributed by atoms with Crippen LogP contribution in [0.2, 0.25) is 0 Å². The minimum atomic E-state index is -0.401. The summed E-state index contributed by atoms with van der Waals surface area (Å²) in [6, 6.07) is 0. The molecule has 0 aliphatic heterocycles. The lowest BCUT2D eigenvalue weighted by atomic mass is 9.29. The molecule has 0 aromatic rings. The molecule has 198 valence electrons. The van der Waals surface area contributed by atoms with Crippen LogP contribution < -0.4 is 0 Å². The zero-order valence-electron chi connectivity index (χ0n) is 23.6. The van der Waals surface area contributed by atoms with Gasteiger partial charge in [0.15, 0.2) is 0 Å². The molecule has 10 atom stereocenters. The lowest BCUT2D eigenvalue weighted by Crippen LogP contribution is -2.71. The molecule has 0 bridgehead atoms. The van der Waals surface area contributed by atoms with Crippen molar-refractivity contribution in [2.45, 2.75) is 119 Å². The van der Waals surface area contributed by atoms with E-state index < -0.39 is 6.10 Å². The molecule has 0 unspecified atom stereocenters. The number of carbonyl (C=O) groups excluding carboxylic acids is 2. The molecule has 1 N–H and O–H groups in total. The Morgan fingerprint density at radius 2 is 1.49 bits per heavy atom. The number of esters is 1. The molecule has 0 amide bonds. The number of methoxy groups -OCH3 is 1. The van der Waals surface area contributed by atoms with Crippen molar-refractivity contribution in [3.63, 3.8) is 0 Å². The Hall–Kier alpha value is -0.900. The lowest BCUT2D eigenvalue weighted by molar-refractivity contribution is -0.283. The quantitative estimate of drug-likeness (QED) is 0.425. The van der Waals surface area contributed by atoms with E-state index in [2.05, 4.69) is 48.5 Å². The van der Waals surface area contributed by atoms with Crippen LogP contribution in [-0.2, 0) is 14.3 Å². The third-order valence-corrected chi connectivity index (χ3v) is 13.8. The summed E-state index contributed by atoms with van der Waals surface area (Å²) in [5, 5.41) is 12.0. The SMILES string of the molecule is COC(=O)[C@]12CCC(C)(C)C[C@H]1[C@]1(C)CC[C@@]3(C)[C@@H]4CCC(=O)[C@H](C)[C@@]4(C)C[C@H](O)[C@@H]3[C@@]1(C)CC2. The van der Waals surface area contributed by atoms with E-state index in [9.17, 15) is 14.7 Å². The average molecular weight is 487 g/mol. The molecule has 0 aromatic carbocycles. The summed E-state index contributed by atoms with van der Waals surface area (Å²) in [7, 11) is 1.57. The van der Waals surface area contributed by atoms with E-state index in [0.29, 0.717) is 18.1 Å². The highest BCUT2D eigenvalue weighted by Gasteiger charge is 2.74. The lowest BCUT2D eigenvalue weighted by Gasteiger charge is -2.75. The first-order valence-corrected chi connectivity index (χ1v) is 14.4. The molecule has 0 aromatic heterocycles. The van der Waals surface area contributed by atoms with Crippen LogP contribution in [0, 0.1) is 56.2 Å². The van der Waals surface area contributed by atoms with Crippen LogP contribution in [0.4, 0.5) is 0 Å². The largest absolute Gasteiger partial charge is 0.469 e. The summed E-state index contributed by atoms with van der Waals surface area (Å²) in [4.78, 5) is 26.2. The Labute approximate surface area is 213 Å². The summed E-state index contributed by atoms with van der Waals surface area (Å²) < 4.78 is 5.51. The van der Waals surface area contributed by atoms with Gasteiger partial charge in [0, 0.05) is 12.3 Å². The van der Waals surface area contributed by atoms with Gasteiger partial charge in [-0.1, -0.05) is 48.5 Å². The van der Waals surface area contributed by atoms with Crippen LogP contribution in [0.5, 0.6) is 0 Å². The molecule has 5 fully saturated rings. The van der Waals surface area contributed by atoms with Gasteiger partial charge in [-0.25, -0.2) is 0 Å². The molecular formula is C31H50O4. The third kappa shape index (κ3) is 3.07. The molecule has 0 spiro atoms. The van der Waals surface area contributed by atoms with Crippen LogP contribution in [0.15, 0.2) is 0 Å². The smallest absolute Gasteiger partial charge is 0.312 e. The first-order chi connectivity index (χ1) is 16.1.